The Balaban J connectivity index is 1.74. The Kier molecular flexibility index (Phi) is 6.89. The lowest BCUT2D eigenvalue weighted by atomic mass is 9.86. The van der Waals surface area contributed by atoms with Gasteiger partial charge in [-0.25, -0.2) is 0 Å². The maximum atomic E-state index is 11.9. The highest BCUT2D eigenvalue weighted by atomic mass is 16.5. The number of carbonyl (C=O) groups excluding carboxylic acids is 1. The summed E-state index contributed by atoms with van der Waals surface area (Å²) in [7, 11) is 1.59. The molecule has 0 aliphatic carbocycles. The van der Waals surface area contributed by atoms with Crippen LogP contribution < -0.4 is 19.5 Å². The van der Waals surface area contributed by atoms with Gasteiger partial charge in [0.05, 0.1) is 13.7 Å². The summed E-state index contributed by atoms with van der Waals surface area (Å²) in [5.41, 5.74) is 1.15. The lowest BCUT2D eigenvalue weighted by Crippen LogP contribution is -2.32. The first kappa shape index (κ1) is 19.6. The quantitative estimate of drug-likeness (QED) is 0.734. The standard InChI is InChI=1S/C21H27NO4/c1-21(2,3)18-10-5-6-11-19(18)25-13-12-22-20(23)15-26-17-9-7-8-16(14-17)24-4/h5-11,14H,12-13,15H2,1-4H3,(H,22,23). The van der Waals surface area contributed by atoms with Crippen LogP contribution in [0, 0.1) is 0 Å². The third-order valence-corrected chi connectivity index (χ3v) is 3.79. The van der Waals surface area contributed by atoms with Gasteiger partial charge < -0.3 is 19.5 Å². The van der Waals surface area contributed by atoms with Crippen LogP contribution >= 0.6 is 0 Å². The second-order valence-corrected chi connectivity index (χ2v) is 6.91. The molecule has 5 heteroatoms. The minimum absolute atomic E-state index is 0.00439. The van der Waals surface area contributed by atoms with Crippen LogP contribution in [0.15, 0.2) is 48.5 Å². The van der Waals surface area contributed by atoms with E-state index in [1.54, 1.807) is 19.2 Å². The number of ether oxygens (including phenoxy) is 3. The monoisotopic (exact) mass is 357 g/mol. The van der Waals surface area contributed by atoms with Gasteiger partial charge >= 0.3 is 0 Å². The molecule has 26 heavy (non-hydrogen) atoms. The van der Waals surface area contributed by atoms with Crippen LogP contribution in [0.4, 0.5) is 0 Å². The van der Waals surface area contributed by atoms with Gasteiger partial charge in [-0.15, -0.1) is 0 Å². The van der Waals surface area contributed by atoms with Crippen molar-refractivity contribution in [2.75, 3.05) is 26.9 Å². The van der Waals surface area contributed by atoms with Gasteiger partial charge in [-0.05, 0) is 29.2 Å². The molecule has 0 saturated carbocycles. The summed E-state index contributed by atoms with van der Waals surface area (Å²) in [5, 5.41) is 2.79. The number of methoxy groups -OCH3 is 1. The summed E-state index contributed by atoms with van der Waals surface area (Å²) in [6, 6.07) is 15.1. The van der Waals surface area contributed by atoms with Gasteiger partial charge in [-0.1, -0.05) is 45.0 Å². The molecule has 0 saturated heterocycles. The van der Waals surface area contributed by atoms with Crippen LogP contribution in [0.25, 0.3) is 0 Å². The van der Waals surface area contributed by atoms with Gasteiger partial charge in [-0.2, -0.15) is 0 Å². The smallest absolute Gasteiger partial charge is 0.258 e. The molecule has 0 aliphatic heterocycles. The molecule has 0 radical (unpaired) electrons. The van der Waals surface area contributed by atoms with E-state index in [0.717, 1.165) is 11.3 Å². The molecule has 2 aromatic carbocycles. The molecule has 1 amide bonds. The van der Waals surface area contributed by atoms with E-state index < -0.39 is 0 Å². The Morgan fingerprint density at radius 1 is 1.00 bits per heavy atom. The van der Waals surface area contributed by atoms with Crippen molar-refractivity contribution in [1.29, 1.82) is 0 Å². The zero-order valence-corrected chi connectivity index (χ0v) is 15.9. The van der Waals surface area contributed by atoms with E-state index in [1.807, 2.05) is 30.3 Å². The molecule has 0 spiro atoms. The summed E-state index contributed by atoms with van der Waals surface area (Å²) in [5.74, 6) is 1.94. The van der Waals surface area contributed by atoms with Gasteiger partial charge in [0.25, 0.3) is 5.91 Å². The van der Waals surface area contributed by atoms with Crippen molar-refractivity contribution in [3.8, 4) is 17.2 Å². The van der Waals surface area contributed by atoms with Crippen LogP contribution in [0.5, 0.6) is 17.2 Å². The number of hydrogen-bond donors (Lipinski definition) is 1. The highest BCUT2D eigenvalue weighted by Gasteiger charge is 2.18. The van der Waals surface area contributed by atoms with Crippen molar-refractivity contribution in [2.24, 2.45) is 0 Å². The molecule has 5 nitrogen and oxygen atoms in total. The first-order valence-corrected chi connectivity index (χ1v) is 8.66. The molecular weight excluding hydrogens is 330 g/mol. The summed E-state index contributed by atoms with van der Waals surface area (Å²) in [6.45, 7) is 7.20. The van der Waals surface area contributed by atoms with Crippen molar-refractivity contribution in [2.45, 2.75) is 26.2 Å². The second-order valence-electron chi connectivity index (χ2n) is 6.91. The second kappa shape index (κ2) is 9.13. The van der Waals surface area contributed by atoms with Crippen LogP contribution in [0.2, 0.25) is 0 Å². The molecule has 140 valence electrons. The zero-order valence-electron chi connectivity index (χ0n) is 15.9. The fourth-order valence-corrected chi connectivity index (χ4v) is 2.45. The topological polar surface area (TPSA) is 56.8 Å². The van der Waals surface area contributed by atoms with Gasteiger partial charge in [0.2, 0.25) is 0 Å². The van der Waals surface area contributed by atoms with E-state index >= 15 is 0 Å². The minimum Gasteiger partial charge on any atom is -0.497 e. The van der Waals surface area contributed by atoms with Crippen molar-refractivity contribution < 1.29 is 19.0 Å². The number of nitrogens with one attached hydrogen (secondary N) is 1. The Bertz CT molecular complexity index is 722. The van der Waals surface area contributed by atoms with Gasteiger partial charge in [0.15, 0.2) is 6.61 Å². The van der Waals surface area contributed by atoms with E-state index in [2.05, 4.69) is 32.2 Å². The number of benzene rings is 2. The van der Waals surface area contributed by atoms with E-state index in [-0.39, 0.29) is 17.9 Å². The molecule has 0 unspecified atom stereocenters. The van der Waals surface area contributed by atoms with Crippen LogP contribution in [-0.4, -0.2) is 32.8 Å². The summed E-state index contributed by atoms with van der Waals surface area (Å²) in [6.07, 6.45) is 0. The Hall–Kier alpha value is -2.69. The first-order valence-electron chi connectivity index (χ1n) is 8.66. The van der Waals surface area contributed by atoms with Gasteiger partial charge in [0.1, 0.15) is 23.9 Å². The molecule has 0 bridgehead atoms. The molecule has 0 heterocycles. The van der Waals surface area contributed by atoms with Crippen LogP contribution in [-0.2, 0) is 10.2 Å². The van der Waals surface area contributed by atoms with Crippen LogP contribution in [0.1, 0.15) is 26.3 Å². The normalized spacial score (nSPS) is 10.9. The predicted molar refractivity (Wildman–Crippen MR) is 102 cm³/mol. The van der Waals surface area contributed by atoms with Gasteiger partial charge in [-0.3, -0.25) is 4.79 Å². The summed E-state index contributed by atoms with van der Waals surface area (Å²) in [4.78, 5) is 11.9. The lowest BCUT2D eigenvalue weighted by Gasteiger charge is -2.22. The molecule has 2 aromatic rings. The number of carbonyl (C=O) groups is 1. The Labute approximate surface area is 155 Å². The summed E-state index contributed by atoms with van der Waals surface area (Å²) < 4.78 is 16.4. The van der Waals surface area contributed by atoms with Crippen molar-refractivity contribution in [3.05, 3.63) is 54.1 Å². The van der Waals surface area contributed by atoms with E-state index in [0.29, 0.717) is 24.7 Å². The molecule has 0 aliphatic rings. The molecule has 0 fully saturated rings. The third kappa shape index (κ3) is 5.99. The highest BCUT2D eigenvalue weighted by Crippen LogP contribution is 2.30. The maximum absolute atomic E-state index is 11.9. The van der Waals surface area contributed by atoms with Crippen LogP contribution in [0.3, 0.4) is 0 Å². The number of amides is 1. The largest absolute Gasteiger partial charge is 0.497 e. The minimum atomic E-state index is -0.194. The van der Waals surface area contributed by atoms with Crippen molar-refractivity contribution >= 4 is 5.91 Å². The Morgan fingerprint density at radius 2 is 1.73 bits per heavy atom. The highest BCUT2D eigenvalue weighted by molar-refractivity contribution is 5.77. The fourth-order valence-electron chi connectivity index (χ4n) is 2.45. The number of para-hydroxylation sites is 1. The van der Waals surface area contributed by atoms with E-state index in [9.17, 15) is 4.79 Å². The van der Waals surface area contributed by atoms with E-state index in [4.69, 9.17) is 14.2 Å². The van der Waals surface area contributed by atoms with E-state index in [1.165, 1.54) is 0 Å². The molecule has 1 N–H and O–H groups in total. The van der Waals surface area contributed by atoms with Crippen molar-refractivity contribution in [3.63, 3.8) is 0 Å². The first-order chi connectivity index (χ1) is 12.4. The number of rotatable bonds is 8. The Morgan fingerprint density at radius 3 is 2.46 bits per heavy atom. The maximum Gasteiger partial charge on any atom is 0.258 e. The van der Waals surface area contributed by atoms with Gasteiger partial charge in [0, 0.05) is 6.07 Å². The lowest BCUT2D eigenvalue weighted by molar-refractivity contribution is -0.123. The zero-order chi connectivity index (χ0) is 19.0. The fraction of sp³-hybridized carbons (Fsp3) is 0.381. The molecule has 0 atom stereocenters. The molecule has 0 aromatic heterocycles. The number of hydrogen-bond acceptors (Lipinski definition) is 4. The average Bonchev–Trinajstić information content (AvgIpc) is 2.63. The SMILES string of the molecule is COc1cccc(OCC(=O)NCCOc2ccccc2C(C)(C)C)c1. The average molecular weight is 357 g/mol. The predicted octanol–water partition coefficient (Wildman–Crippen LogP) is 3.57. The third-order valence-electron chi connectivity index (χ3n) is 3.79. The molecule has 2 rings (SSSR count). The van der Waals surface area contributed by atoms with Crippen molar-refractivity contribution in [1.82, 2.24) is 5.32 Å². The molecular formula is C21H27NO4. The summed E-state index contributed by atoms with van der Waals surface area (Å²) >= 11 is 0.